The third-order valence-electron chi connectivity index (χ3n) is 5.87. The zero-order chi connectivity index (χ0) is 26.2. The molecule has 1 amide bonds. The normalized spacial score (nSPS) is 17.6. The van der Waals surface area contributed by atoms with E-state index in [1.54, 1.807) is 7.11 Å². The molecule has 0 radical (unpaired) electrons. The summed E-state index contributed by atoms with van der Waals surface area (Å²) in [6.45, 7) is -1.80. The summed E-state index contributed by atoms with van der Waals surface area (Å²) in [4.78, 5) is 14.2. The molecule has 1 unspecified atom stereocenters. The van der Waals surface area contributed by atoms with Crippen molar-refractivity contribution in [2.24, 2.45) is 5.73 Å². The van der Waals surface area contributed by atoms with Crippen molar-refractivity contribution in [3.63, 3.8) is 0 Å². The van der Waals surface area contributed by atoms with E-state index >= 15 is 0 Å². The standard InChI is InChI=1S/C25H30ClF2N3O5/c1-35-10-2-3-20(29)16-6-4-15(5-7-16)14-30-23(33)21-8-9-31(21)24(34)22(32)17-11-18(26)13-19(12-17)36-25(27)28/h3-7,11-13,21-23,25,30,32-33H,2,8-10,14,29H2,1H3/b20-3-/t21-,22+,23?/m0/s1. The van der Waals surface area contributed by atoms with Gasteiger partial charge < -0.3 is 30.3 Å². The Balaban J connectivity index is 1.56. The Morgan fingerprint density at radius 1 is 1.28 bits per heavy atom. The molecule has 0 bridgehead atoms. The molecule has 196 valence electrons. The van der Waals surface area contributed by atoms with Crippen molar-refractivity contribution < 1.29 is 33.3 Å². The van der Waals surface area contributed by atoms with Gasteiger partial charge in [0.05, 0.1) is 6.04 Å². The fourth-order valence-electron chi connectivity index (χ4n) is 3.85. The number of hydrogen-bond acceptors (Lipinski definition) is 7. The van der Waals surface area contributed by atoms with Crippen LogP contribution in [0.25, 0.3) is 5.70 Å². The average Bonchev–Trinajstić information content (AvgIpc) is 2.81. The summed E-state index contributed by atoms with van der Waals surface area (Å²) >= 11 is 5.92. The maximum Gasteiger partial charge on any atom is 0.387 e. The van der Waals surface area contributed by atoms with Crippen LogP contribution in [0.2, 0.25) is 5.02 Å². The molecular formula is C25H30ClF2N3O5. The molecule has 2 aromatic carbocycles. The highest BCUT2D eigenvalue weighted by Gasteiger charge is 2.40. The van der Waals surface area contributed by atoms with Gasteiger partial charge in [0.1, 0.15) is 12.0 Å². The average molecular weight is 526 g/mol. The molecule has 36 heavy (non-hydrogen) atoms. The number of nitrogens with zero attached hydrogens (tertiary/aromatic N) is 1. The van der Waals surface area contributed by atoms with Crippen molar-refractivity contribution >= 4 is 23.2 Å². The summed E-state index contributed by atoms with van der Waals surface area (Å²) in [6.07, 6.45) is 0.460. The van der Waals surface area contributed by atoms with Crippen LogP contribution in [0.15, 0.2) is 48.5 Å². The van der Waals surface area contributed by atoms with Gasteiger partial charge in [-0.2, -0.15) is 8.78 Å². The van der Waals surface area contributed by atoms with E-state index in [2.05, 4.69) is 10.1 Å². The fourth-order valence-corrected chi connectivity index (χ4v) is 4.08. The molecule has 0 aromatic heterocycles. The molecule has 1 fully saturated rings. The number of amides is 1. The lowest BCUT2D eigenvalue weighted by Crippen LogP contribution is -2.61. The third kappa shape index (κ3) is 7.37. The van der Waals surface area contributed by atoms with Crippen molar-refractivity contribution in [2.45, 2.75) is 44.4 Å². The Morgan fingerprint density at radius 2 is 2.00 bits per heavy atom. The van der Waals surface area contributed by atoms with Crippen molar-refractivity contribution in [2.75, 3.05) is 20.3 Å². The second-order valence-corrected chi connectivity index (χ2v) is 8.79. The van der Waals surface area contributed by atoms with E-state index in [4.69, 9.17) is 22.1 Å². The van der Waals surface area contributed by atoms with Crippen LogP contribution >= 0.6 is 11.6 Å². The second-order valence-electron chi connectivity index (χ2n) is 8.35. The molecule has 0 spiro atoms. The predicted molar refractivity (Wildman–Crippen MR) is 131 cm³/mol. The minimum Gasteiger partial charge on any atom is -0.435 e. The van der Waals surface area contributed by atoms with E-state index < -0.39 is 30.9 Å². The Bertz CT molecular complexity index is 1050. The van der Waals surface area contributed by atoms with Crippen molar-refractivity contribution in [1.82, 2.24) is 10.2 Å². The molecule has 1 saturated heterocycles. The number of nitrogens with one attached hydrogen (secondary N) is 1. The highest BCUT2D eigenvalue weighted by atomic mass is 35.5. The van der Waals surface area contributed by atoms with Crippen LogP contribution < -0.4 is 15.8 Å². The molecule has 2 aromatic rings. The maximum atomic E-state index is 12.8. The molecule has 1 aliphatic rings. The van der Waals surface area contributed by atoms with Crippen molar-refractivity contribution in [3.05, 3.63) is 70.3 Å². The summed E-state index contributed by atoms with van der Waals surface area (Å²) in [6, 6.07) is 10.6. The molecular weight excluding hydrogens is 496 g/mol. The topological polar surface area (TPSA) is 117 Å². The van der Waals surface area contributed by atoms with Gasteiger partial charge in [-0.3, -0.25) is 10.1 Å². The van der Waals surface area contributed by atoms with Crippen LogP contribution in [0.4, 0.5) is 8.78 Å². The molecule has 8 nitrogen and oxygen atoms in total. The number of ether oxygens (including phenoxy) is 2. The molecule has 1 heterocycles. The number of halogens is 3. The number of methoxy groups -OCH3 is 1. The van der Waals surface area contributed by atoms with Crippen LogP contribution in [0, 0.1) is 0 Å². The summed E-state index contributed by atoms with van der Waals surface area (Å²) in [5.74, 6) is -0.933. The predicted octanol–water partition coefficient (Wildman–Crippen LogP) is 3.02. The minimum atomic E-state index is -3.07. The SMILES string of the molecule is COCC/C=C(\N)c1ccc(CNC(O)[C@@H]2CCN2C(=O)[C@H](O)c2cc(Cl)cc(OC(F)F)c2)cc1. The van der Waals surface area contributed by atoms with Crippen LogP contribution in [0.3, 0.4) is 0 Å². The lowest BCUT2D eigenvalue weighted by atomic mass is 9.98. The van der Waals surface area contributed by atoms with Crippen molar-refractivity contribution in [3.8, 4) is 5.75 Å². The van der Waals surface area contributed by atoms with Gasteiger partial charge in [-0.15, -0.1) is 0 Å². The first kappa shape index (κ1) is 27.8. The first-order valence-corrected chi connectivity index (χ1v) is 11.8. The van der Waals surface area contributed by atoms with Gasteiger partial charge in [0.15, 0.2) is 6.10 Å². The number of carbonyl (C=O) groups is 1. The Labute approximate surface area is 213 Å². The number of benzene rings is 2. The van der Waals surface area contributed by atoms with Gasteiger partial charge in [0.25, 0.3) is 5.91 Å². The van der Waals surface area contributed by atoms with Crippen LogP contribution in [-0.4, -0.2) is 60.2 Å². The maximum absolute atomic E-state index is 12.8. The Kier molecular flexibility index (Phi) is 10.0. The van der Waals surface area contributed by atoms with Gasteiger partial charge in [0.2, 0.25) is 0 Å². The molecule has 5 N–H and O–H groups in total. The van der Waals surface area contributed by atoms with Gasteiger partial charge >= 0.3 is 6.61 Å². The zero-order valence-corrected chi connectivity index (χ0v) is 20.5. The van der Waals surface area contributed by atoms with Gasteiger partial charge in [-0.1, -0.05) is 41.9 Å². The van der Waals surface area contributed by atoms with E-state index in [1.165, 1.54) is 11.0 Å². The molecule has 0 aliphatic carbocycles. The van der Waals surface area contributed by atoms with E-state index in [-0.39, 0.29) is 16.3 Å². The van der Waals surface area contributed by atoms with Crippen LogP contribution in [0.1, 0.15) is 35.6 Å². The second kappa shape index (κ2) is 13.0. The monoisotopic (exact) mass is 525 g/mol. The number of aliphatic hydroxyl groups excluding tert-OH is 2. The van der Waals surface area contributed by atoms with E-state index in [9.17, 15) is 23.8 Å². The first-order valence-electron chi connectivity index (χ1n) is 11.4. The minimum absolute atomic E-state index is 0.0203. The summed E-state index contributed by atoms with van der Waals surface area (Å²) in [5, 5.41) is 24.2. The third-order valence-corrected chi connectivity index (χ3v) is 6.09. The summed E-state index contributed by atoms with van der Waals surface area (Å²) in [5.41, 5.74) is 8.53. The molecule has 0 saturated carbocycles. The Morgan fingerprint density at radius 3 is 2.61 bits per heavy atom. The number of nitrogens with two attached hydrogens (primary N) is 1. The number of alkyl halides is 2. The van der Waals surface area contributed by atoms with Gasteiger partial charge in [0, 0.05) is 37.5 Å². The molecule has 3 atom stereocenters. The largest absolute Gasteiger partial charge is 0.435 e. The van der Waals surface area contributed by atoms with Crippen LogP contribution in [-0.2, 0) is 16.1 Å². The number of aliphatic hydroxyl groups is 2. The number of rotatable bonds is 12. The first-order chi connectivity index (χ1) is 17.2. The number of likely N-dealkylation sites (tertiary alicyclic amines) is 1. The number of hydrogen-bond donors (Lipinski definition) is 4. The Hall–Kier alpha value is -2.76. The lowest BCUT2D eigenvalue weighted by Gasteiger charge is -2.44. The van der Waals surface area contributed by atoms with Gasteiger partial charge in [-0.05, 0) is 47.7 Å². The highest BCUT2D eigenvalue weighted by molar-refractivity contribution is 6.30. The van der Waals surface area contributed by atoms with Crippen LogP contribution in [0.5, 0.6) is 5.75 Å². The zero-order valence-electron chi connectivity index (χ0n) is 19.7. The summed E-state index contributed by atoms with van der Waals surface area (Å²) < 4.78 is 34.4. The number of carbonyl (C=O) groups excluding carboxylic acids is 1. The smallest absolute Gasteiger partial charge is 0.387 e. The van der Waals surface area contributed by atoms with Gasteiger partial charge in [-0.25, -0.2) is 0 Å². The van der Waals surface area contributed by atoms with E-state index in [0.717, 1.165) is 23.3 Å². The van der Waals surface area contributed by atoms with Crippen molar-refractivity contribution in [1.29, 1.82) is 0 Å². The summed E-state index contributed by atoms with van der Waals surface area (Å²) in [7, 11) is 1.63. The molecule has 11 heteroatoms. The molecule has 3 rings (SSSR count). The van der Waals surface area contributed by atoms with E-state index in [1.807, 2.05) is 30.3 Å². The quantitative estimate of drug-likeness (QED) is 0.248. The highest BCUT2D eigenvalue weighted by Crippen LogP contribution is 2.30. The van der Waals surface area contributed by atoms with E-state index in [0.29, 0.717) is 38.2 Å². The fraction of sp³-hybridized carbons (Fsp3) is 0.400. The molecule has 1 aliphatic heterocycles. The lowest BCUT2D eigenvalue weighted by molar-refractivity contribution is -0.154.